The zero-order valence-electron chi connectivity index (χ0n) is 9.56. The number of rotatable bonds is 5. The first-order valence-electron chi connectivity index (χ1n) is 5.57. The van der Waals surface area contributed by atoms with Gasteiger partial charge in [-0.05, 0) is 25.8 Å². The molecule has 1 aromatic heterocycles. The average Bonchev–Trinajstić information content (AvgIpc) is 2.94. The highest BCUT2D eigenvalue weighted by Gasteiger charge is 2.29. The van der Waals surface area contributed by atoms with Crippen LogP contribution in [0, 0.1) is 5.92 Å². The molecule has 1 unspecified atom stereocenters. The van der Waals surface area contributed by atoms with Crippen LogP contribution in [0.4, 0.5) is 0 Å². The van der Waals surface area contributed by atoms with Gasteiger partial charge in [0.15, 0.2) is 0 Å². The first-order valence-corrected chi connectivity index (χ1v) is 5.57. The smallest absolute Gasteiger partial charge is 0.122 e. The van der Waals surface area contributed by atoms with Gasteiger partial charge in [0.25, 0.3) is 0 Å². The molecule has 1 saturated carbocycles. The molecule has 1 fully saturated rings. The van der Waals surface area contributed by atoms with E-state index in [1.54, 1.807) is 0 Å². The molecule has 0 saturated heterocycles. The van der Waals surface area contributed by atoms with Crippen LogP contribution >= 0.6 is 0 Å². The zero-order chi connectivity index (χ0) is 10.8. The molecule has 4 heteroatoms. The number of nitrogens with zero attached hydrogens (tertiary/aromatic N) is 3. The molecular formula is C11H20N4. The monoisotopic (exact) mass is 208 g/mol. The molecule has 0 bridgehead atoms. The number of imidazole rings is 1. The normalized spacial score (nSPS) is 18.4. The molecule has 1 aromatic rings. The second-order valence-corrected chi connectivity index (χ2v) is 4.65. The lowest BCUT2D eigenvalue weighted by Gasteiger charge is -2.20. The fourth-order valence-corrected chi connectivity index (χ4v) is 1.89. The highest BCUT2D eigenvalue weighted by molar-refractivity contribution is 4.92. The molecule has 84 valence electrons. The Morgan fingerprint density at radius 2 is 2.40 bits per heavy atom. The maximum absolute atomic E-state index is 6.08. The van der Waals surface area contributed by atoms with Crippen molar-refractivity contribution in [2.24, 2.45) is 18.7 Å². The Morgan fingerprint density at radius 1 is 1.67 bits per heavy atom. The molecule has 0 amide bonds. The first-order chi connectivity index (χ1) is 7.16. The molecule has 2 rings (SSSR count). The average molecular weight is 208 g/mol. The van der Waals surface area contributed by atoms with E-state index < -0.39 is 0 Å². The van der Waals surface area contributed by atoms with Gasteiger partial charge >= 0.3 is 0 Å². The molecule has 1 aliphatic carbocycles. The summed E-state index contributed by atoms with van der Waals surface area (Å²) in [5, 5.41) is 0. The number of aromatic nitrogens is 2. The van der Waals surface area contributed by atoms with Gasteiger partial charge in [-0.2, -0.15) is 0 Å². The van der Waals surface area contributed by atoms with Crippen LogP contribution in [0.2, 0.25) is 0 Å². The minimum Gasteiger partial charge on any atom is -0.337 e. The lowest BCUT2D eigenvalue weighted by Crippen LogP contribution is -2.36. The van der Waals surface area contributed by atoms with E-state index in [4.69, 9.17) is 5.73 Å². The van der Waals surface area contributed by atoms with Gasteiger partial charge in [0.1, 0.15) is 5.82 Å². The summed E-state index contributed by atoms with van der Waals surface area (Å²) >= 11 is 0. The Labute approximate surface area is 91.1 Å². The first kappa shape index (κ1) is 10.6. The van der Waals surface area contributed by atoms with Crippen molar-refractivity contribution >= 4 is 0 Å². The fraction of sp³-hybridized carbons (Fsp3) is 0.727. The van der Waals surface area contributed by atoms with Gasteiger partial charge in [-0.25, -0.2) is 4.98 Å². The van der Waals surface area contributed by atoms with E-state index in [1.165, 1.54) is 12.8 Å². The van der Waals surface area contributed by atoms with Crippen molar-refractivity contribution in [3.05, 3.63) is 18.2 Å². The largest absolute Gasteiger partial charge is 0.337 e. The van der Waals surface area contributed by atoms with Crippen LogP contribution in [0.5, 0.6) is 0 Å². The lowest BCUT2D eigenvalue weighted by atomic mass is 10.2. The summed E-state index contributed by atoms with van der Waals surface area (Å²) in [6.45, 7) is 1.85. The number of aryl methyl sites for hydroxylation is 1. The van der Waals surface area contributed by atoms with Crippen molar-refractivity contribution in [3.63, 3.8) is 0 Å². The highest BCUT2D eigenvalue weighted by atomic mass is 15.2. The summed E-state index contributed by atoms with van der Waals surface area (Å²) in [6, 6.07) is 0.343. The number of hydrogen-bond acceptors (Lipinski definition) is 3. The van der Waals surface area contributed by atoms with Crippen molar-refractivity contribution < 1.29 is 0 Å². The molecule has 0 aliphatic heterocycles. The molecule has 1 aliphatic rings. The van der Waals surface area contributed by atoms with Gasteiger partial charge in [0, 0.05) is 32.0 Å². The Hall–Kier alpha value is -0.870. The fourth-order valence-electron chi connectivity index (χ4n) is 1.89. The van der Waals surface area contributed by atoms with E-state index in [0.29, 0.717) is 6.04 Å². The van der Waals surface area contributed by atoms with Crippen molar-refractivity contribution in [3.8, 4) is 0 Å². The van der Waals surface area contributed by atoms with Crippen LogP contribution < -0.4 is 5.73 Å². The highest BCUT2D eigenvalue weighted by Crippen LogP contribution is 2.31. The Morgan fingerprint density at radius 3 is 2.93 bits per heavy atom. The maximum Gasteiger partial charge on any atom is 0.122 e. The van der Waals surface area contributed by atoms with Gasteiger partial charge in [0.05, 0.1) is 6.54 Å². The summed E-state index contributed by atoms with van der Waals surface area (Å²) in [7, 11) is 4.13. The molecule has 1 heterocycles. The maximum atomic E-state index is 6.08. The van der Waals surface area contributed by atoms with Crippen LogP contribution in [0.3, 0.4) is 0 Å². The molecule has 15 heavy (non-hydrogen) atoms. The second-order valence-electron chi connectivity index (χ2n) is 4.65. The number of hydrogen-bond donors (Lipinski definition) is 1. The van der Waals surface area contributed by atoms with E-state index in [9.17, 15) is 0 Å². The second kappa shape index (κ2) is 4.33. The van der Waals surface area contributed by atoms with Crippen LogP contribution in [0.15, 0.2) is 12.4 Å². The Kier molecular flexibility index (Phi) is 3.07. The molecule has 0 radical (unpaired) electrons. The van der Waals surface area contributed by atoms with Gasteiger partial charge in [0.2, 0.25) is 0 Å². The van der Waals surface area contributed by atoms with Gasteiger partial charge < -0.3 is 10.3 Å². The molecule has 2 N–H and O–H groups in total. The standard InChI is InChI=1S/C11H20N4/c1-14(7-10(12)9-3-4-9)8-11-13-5-6-15(11)2/h5-6,9-10H,3-4,7-8,12H2,1-2H3. The van der Waals surface area contributed by atoms with E-state index in [2.05, 4.69) is 21.5 Å². The third kappa shape index (κ3) is 2.79. The van der Waals surface area contributed by atoms with Gasteiger partial charge in [-0.3, -0.25) is 4.90 Å². The zero-order valence-corrected chi connectivity index (χ0v) is 9.56. The predicted octanol–water partition coefficient (Wildman–Crippen LogP) is 0.589. The molecule has 4 nitrogen and oxygen atoms in total. The minimum absolute atomic E-state index is 0.343. The van der Waals surface area contributed by atoms with E-state index in [0.717, 1.165) is 24.8 Å². The van der Waals surface area contributed by atoms with Crippen molar-refractivity contribution in [1.82, 2.24) is 14.5 Å². The van der Waals surface area contributed by atoms with Gasteiger partial charge in [-0.15, -0.1) is 0 Å². The Bertz CT molecular complexity index is 316. The third-order valence-corrected chi connectivity index (χ3v) is 3.08. The summed E-state index contributed by atoms with van der Waals surface area (Å²) in [5.41, 5.74) is 6.08. The molecule has 0 spiro atoms. The molecular weight excluding hydrogens is 188 g/mol. The van der Waals surface area contributed by atoms with Crippen molar-refractivity contribution in [2.75, 3.05) is 13.6 Å². The Balaban J connectivity index is 1.81. The van der Waals surface area contributed by atoms with Crippen molar-refractivity contribution in [1.29, 1.82) is 0 Å². The van der Waals surface area contributed by atoms with Crippen LogP contribution in [0.25, 0.3) is 0 Å². The summed E-state index contributed by atoms with van der Waals surface area (Å²) < 4.78 is 2.05. The van der Waals surface area contributed by atoms with E-state index in [-0.39, 0.29) is 0 Å². The SMILES string of the molecule is CN(Cc1nccn1C)CC(N)C1CC1. The molecule has 0 aromatic carbocycles. The number of likely N-dealkylation sites (N-methyl/N-ethyl adjacent to an activating group) is 1. The lowest BCUT2D eigenvalue weighted by molar-refractivity contribution is 0.283. The van der Waals surface area contributed by atoms with Crippen LogP contribution in [-0.2, 0) is 13.6 Å². The van der Waals surface area contributed by atoms with Crippen molar-refractivity contribution in [2.45, 2.75) is 25.4 Å². The van der Waals surface area contributed by atoms with Gasteiger partial charge in [-0.1, -0.05) is 0 Å². The third-order valence-electron chi connectivity index (χ3n) is 3.08. The van der Waals surface area contributed by atoms with E-state index >= 15 is 0 Å². The van der Waals surface area contributed by atoms with E-state index in [1.807, 2.05) is 19.4 Å². The summed E-state index contributed by atoms with van der Waals surface area (Å²) in [4.78, 5) is 6.56. The summed E-state index contributed by atoms with van der Waals surface area (Å²) in [5.74, 6) is 1.87. The topological polar surface area (TPSA) is 47.1 Å². The minimum atomic E-state index is 0.343. The van der Waals surface area contributed by atoms with Crippen LogP contribution in [-0.4, -0.2) is 34.1 Å². The number of nitrogens with two attached hydrogens (primary N) is 1. The quantitative estimate of drug-likeness (QED) is 0.770. The molecule has 1 atom stereocenters. The van der Waals surface area contributed by atoms with Crippen LogP contribution in [0.1, 0.15) is 18.7 Å². The summed E-state index contributed by atoms with van der Waals surface area (Å²) in [6.07, 6.45) is 6.45. The predicted molar refractivity (Wildman–Crippen MR) is 60.2 cm³/mol.